The molecule has 0 saturated heterocycles. The molecule has 0 N–H and O–H groups in total. The smallest absolute Gasteiger partial charge is 0.174 e. The second-order valence-corrected chi connectivity index (χ2v) is 3.51. The molecule has 16 heavy (non-hydrogen) atoms. The SMILES string of the molecule is [B]c1ccc(OCC#N)c(C(C)CC#N)c1. The predicted molar refractivity (Wildman–Crippen MR) is 61.6 cm³/mol. The Hall–Kier alpha value is -1.94. The average Bonchev–Trinajstić information content (AvgIpc) is 2.27. The quantitative estimate of drug-likeness (QED) is 0.705. The Labute approximate surface area is 96.7 Å². The maximum atomic E-state index is 8.66. The number of hydrogen-bond acceptors (Lipinski definition) is 3. The van der Waals surface area contributed by atoms with Crippen LogP contribution in [-0.2, 0) is 0 Å². The van der Waals surface area contributed by atoms with Crippen LogP contribution in [0.5, 0.6) is 5.75 Å². The van der Waals surface area contributed by atoms with Crippen LogP contribution in [0.3, 0.4) is 0 Å². The van der Waals surface area contributed by atoms with E-state index < -0.39 is 0 Å². The third kappa shape index (κ3) is 3.03. The lowest BCUT2D eigenvalue weighted by Gasteiger charge is -2.14. The lowest BCUT2D eigenvalue weighted by atomic mass is 9.89. The maximum Gasteiger partial charge on any atom is 0.174 e. The molecule has 4 heteroatoms. The molecule has 1 unspecified atom stereocenters. The summed E-state index contributed by atoms with van der Waals surface area (Å²) in [5, 5.41) is 17.1. The summed E-state index contributed by atoms with van der Waals surface area (Å²) in [6, 6.07) is 9.25. The van der Waals surface area contributed by atoms with Gasteiger partial charge in [0.15, 0.2) is 6.61 Å². The Morgan fingerprint density at radius 2 is 2.12 bits per heavy atom. The van der Waals surface area contributed by atoms with E-state index in [0.717, 1.165) is 5.56 Å². The van der Waals surface area contributed by atoms with Crippen LogP contribution in [0.1, 0.15) is 24.8 Å². The molecule has 0 aliphatic heterocycles. The highest BCUT2D eigenvalue weighted by Gasteiger charge is 2.11. The van der Waals surface area contributed by atoms with Crippen LogP contribution in [0.15, 0.2) is 18.2 Å². The molecular weight excluding hydrogens is 199 g/mol. The van der Waals surface area contributed by atoms with Crippen molar-refractivity contribution in [3.63, 3.8) is 0 Å². The van der Waals surface area contributed by atoms with Gasteiger partial charge in [-0.15, -0.1) is 0 Å². The summed E-state index contributed by atoms with van der Waals surface area (Å²) in [6.07, 6.45) is 0.395. The zero-order chi connectivity index (χ0) is 12.0. The monoisotopic (exact) mass is 210 g/mol. The molecule has 3 nitrogen and oxygen atoms in total. The van der Waals surface area contributed by atoms with Gasteiger partial charge in [-0.25, -0.2) is 0 Å². The van der Waals surface area contributed by atoms with E-state index in [1.54, 1.807) is 18.2 Å². The highest BCUT2D eigenvalue weighted by Crippen LogP contribution is 2.27. The number of rotatable bonds is 4. The van der Waals surface area contributed by atoms with Gasteiger partial charge in [0.2, 0.25) is 0 Å². The van der Waals surface area contributed by atoms with Crippen molar-refractivity contribution in [2.75, 3.05) is 6.61 Å². The minimum atomic E-state index is -0.00378. The molecule has 1 atom stereocenters. The van der Waals surface area contributed by atoms with Crippen molar-refractivity contribution in [2.24, 2.45) is 0 Å². The van der Waals surface area contributed by atoms with Gasteiger partial charge in [0.1, 0.15) is 19.7 Å². The molecule has 0 fully saturated rings. The Morgan fingerprint density at radius 1 is 1.38 bits per heavy atom. The first-order valence-electron chi connectivity index (χ1n) is 4.95. The van der Waals surface area contributed by atoms with Gasteiger partial charge < -0.3 is 4.74 Å². The number of nitrogens with zero attached hydrogens (tertiary/aromatic N) is 2. The van der Waals surface area contributed by atoms with Crippen molar-refractivity contribution in [3.05, 3.63) is 23.8 Å². The summed E-state index contributed by atoms with van der Waals surface area (Å²) in [6.45, 7) is 1.92. The topological polar surface area (TPSA) is 56.8 Å². The average molecular weight is 210 g/mol. The molecule has 0 bridgehead atoms. The zero-order valence-electron chi connectivity index (χ0n) is 9.10. The van der Waals surface area contributed by atoms with E-state index in [-0.39, 0.29) is 12.5 Å². The fourth-order valence-corrected chi connectivity index (χ4v) is 1.44. The second-order valence-electron chi connectivity index (χ2n) is 3.51. The summed E-state index contributed by atoms with van der Waals surface area (Å²) in [5.41, 5.74) is 1.50. The summed E-state index contributed by atoms with van der Waals surface area (Å²) in [4.78, 5) is 0. The van der Waals surface area contributed by atoms with E-state index in [1.807, 2.05) is 13.0 Å². The summed E-state index contributed by atoms with van der Waals surface area (Å²) in [7, 11) is 5.69. The van der Waals surface area contributed by atoms with Gasteiger partial charge in [0.05, 0.1) is 6.07 Å². The predicted octanol–water partition coefficient (Wildman–Crippen LogP) is 1.40. The van der Waals surface area contributed by atoms with E-state index in [0.29, 0.717) is 17.6 Å². The first-order valence-corrected chi connectivity index (χ1v) is 4.95. The fraction of sp³-hybridized carbons (Fsp3) is 0.333. The largest absolute Gasteiger partial charge is 0.478 e. The van der Waals surface area contributed by atoms with Crippen LogP contribution in [0.2, 0.25) is 0 Å². The summed E-state index contributed by atoms with van der Waals surface area (Å²) >= 11 is 0. The number of nitriles is 2. The van der Waals surface area contributed by atoms with Crippen LogP contribution in [0.25, 0.3) is 0 Å². The van der Waals surface area contributed by atoms with Gasteiger partial charge in [0, 0.05) is 6.42 Å². The van der Waals surface area contributed by atoms with E-state index in [2.05, 4.69) is 6.07 Å². The lowest BCUT2D eigenvalue weighted by Crippen LogP contribution is -2.08. The molecule has 2 radical (unpaired) electrons. The molecule has 0 spiro atoms. The minimum absolute atomic E-state index is 0.00378. The number of hydrogen-bond donors (Lipinski definition) is 0. The van der Waals surface area contributed by atoms with E-state index in [9.17, 15) is 0 Å². The Balaban J connectivity index is 2.99. The Kier molecular flexibility index (Phi) is 4.42. The number of benzene rings is 1. The maximum absolute atomic E-state index is 8.66. The molecule has 0 amide bonds. The van der Waals surface area contributed by atoms with Gasteiger partial charge in [-0.05, 0) is 17.5 Å². The van der Waals surface area contributed by atoms with Crippen LogP contribution in [-0.4, -0.2) is 14.5 Å². The van der Waals surface area contributed by atoms with E-state index in [1.165, 1.54) is 0 Å². The molecule has 1 aromatic rings. The van der Waals surface area contributed by atoms with Crippen LogP contribution in [0.4, 0.5) is 0 Å². The lowest BCUT2D eigenvalue weighted by molar-refractivity contribution is 0.362. The van der Waals surface area contributed by atoms with E-state index in [4.69, 9.17) is 23.1 Å². The molecular formula is C12H11BN2O. The first-order chi connectivity index (χ1) is 7.69. The number of ether oxygens (including phenoxy) is 1. The van der Waals surface area contributed by atoms with Crippen molar-refractivity contribution in [2.45, 2.75) is 19.3 Å². The molecule has 0 heterocycles. The van der Waals surface area contributed by atoms with Gasteiger partial charge in [-0.2, -0.15) is 10.5 Å². The Morgan fingerprint density at radius 3 is 2.75 bits per heavy atom. The highest BCUT2D eigenvalue weighted by atomic mass is 16.5. The van der Waals surface area contributed by atoms with Gasteiger partial charge in [-0.3, -0.25) is 0 Å². The van der Waals surface area contributed by atoms with Gasteiger partial charge >= 0.3 is 0 Å². The Bertz CT molecular complexity index is 445. The van der Waals surface area contributed by atoms with Crippen molar-refractivity contribution in [1.82, 2.24) is 0 Å². The van der Waals surface area contributed by atoms with Crippen molar-refractivity contribution in [1.29, 1.82) is 10.5 Å². The summed E-state index contributed by atoms with van der Waals surface area (Å²) < 4.78 is 5.28. The highest BCUT2D eigenvalue weighted by molar-refractivity contribution is 6.32. The molecule has 0 aliphatic carbocycles. The molecule has 0 aromatic heterocycles. The third-order valence-electron chi connectivity index (χ3n) is 2.25. The molecule has 1 aromatic carbocycles. The van der Waals surface area contributed by atoms with Crippen molar-refractivity contribution >= 4 is 13.3 Å². The van der Waals surface area contributed by atoms with Crippen LogP contribution >= 0.6 is 0 Å². The van der Waals surface area contributed by atoms with Gasteiger partial charge in [0.25, 0.3) is 0 Å². The standard InChI is InChI=1S/C12H11BN2O/c1-9(4-5-14)11-8-10(13)2-3-12(11)16-7-6-15/h2-3,8-9H,4,7H2,1H3. The molecule has 78 valence electrons. The second kappa shape index (κ2) is 5.83. The molecule has 1 rings (SSSR count). The normalized spacial score (nSPS) is 11.2. The van der Waals surface area contributed by atoms with Crippen LogP contribution < -0.4 is 10.2 Å². The summed E-state index contributed by atoms with van der Waals surface area (Å²) in [5.74, 6) is 0.667. The van der Waals surface area contributed by atoms with E-state index >= 15 is 0 Å². The molecule has 0 saturated carbocycles. The third-order valence-corrected chi connectivity index (χ3v) is 2.25. The molecule has 0 aliphatic rings. The van der Waals surface area contributed by atoms with Crippen LogP contribution in [0, 0.1) is 22.7 Å². The minimum Gasteiger partial charge on any atom is -0.478 e. The first kappa shape index (κ1) is 12.1. The van der Waals surface area contributed by atoms with Crippen molar-refractivity contribution in [3.8, 4) is 17.9 Å². The fourth-order valence-electron chi connectivity index (χ4n) is 1.44. The van der Waals surface area contributed by atoms with Gasteiger partial charge in [-0.1, -0.05) is 24.5 Å². The zero-order valence-corrected chi connectivity index (χ0v) is 9.10. The van der Waals surface area contributed by atoms with Crippen molar-refractivity contribution < 1.29 is 4.74 Å².